The fourth-order valence-electron chi connectivity index (χ4n) is 2.87. The van der Waals surface area contributed by atoms with Gasteiger partial charge >= 0.3 is 0 Å². The second kappa shape index (κ2) is 6.77. The number of ether oxygens (including phenoxy) is 1. The zero-order valence-electron chi connectivity index (χ0n) is 12.6. The number of aliphatic hydroxyl groups is 1. The summed E-state index contributed by atoms with van der Waals surface area (Å²) in [5, 5.41) is 9.17. The van der Waals surface area contributed by atoms with Crippen LogP contribution in [0.15, 0.2) is 23.1 Å². The van der Waals surface area contributed by atoms with E-state index >= 15 is 0 Å². The SMILES string of the molecule is COc1ccc(S(=O)(=O)N(C)C2CCCC2)c(CCO)c1. The van der Waals surface area contributed by atoms with Crippen molar-refractivity contribution in [2.45, 2.75) is 43.0 Å². The van der Waals surface area contributed by atoms with Crippen LogP contribution in [0, 0.1) is 0 Å². The van der Waals surface area contributed by atoms with Gasteiger partial charge in [-0.2, -0.15) is 4.31 Å². The van der Waals surface area contributed by atoms with Crippen molar-refractivity contribution in [1.82, 2.24) is 4.31 Å². The van der Waals surface area contributed by atoms with E-state index in [4.69, 9.17) is 4.74 Å². The smallest absolute Gasteiger partial charge is 0.243 e. The molecule has 1 aromatic rings. The second-order valence-corrected chi connectivity index (χ2v) is 7.37. The number of hydrogen-bond donors (Lipinski definition) is 1. The number of aliphatic hydroxyl groups excluding tert-OH is 1. The maximum absolute atomic E-state index is 12.8. The number of sulfonamides is 1. The summed E-state index contributed by atoms with van der Waals surface area (Å²) in [4.78, 5) is 0.270. The van der Waals surface area contributed by atoms with Crippen LogP contribution in [-0.4, -0.2) is 44.6 Å². The number of nitrogens with zero attached hydrogens (tertiary/aromatic N) is 1. The van der Waals surface area contributed by atoms with E-state index in [1.807, 2.05) is 0 Å². The minimum atomic E-state index is -3.53. The van der Waals surface area contributed by atoms with Crippen molar-refractivity contribution in [3.05, 3.63) is 23.8 Å². The Bertz CT molecular complexity index is 579. The first-order valence-corrected chi connectivity index (χ1v) is 8.70. The van der Waals surface area contributed by atoms with Crippen LogP contribution in [0.5, 0.6) is 5.75 Å². The average molecular weight is 313 g/mol. The standard InChI is InChI=1S/C15H23NO4S/c1-16(13-5-3-4-6-13)21(18,19)15-8-7-14(20-2)11-12(15)9-10-17/h7-8,11,13,17H,3-6,9-10H2,1-2H3. The molecule has 0 heterocycles. The number of hydrogen-bond acceptors (Lipinski definition) is 4. The van der Waals surface area contributed by atoms with Gasteiger partial charge in [-0.15, -0.1) is 0 Å². The number of benzene rings is 1. The van der Waals surface area contributed by atoms with Gasteiger partial charge in [0.1, 0.15) is 5.75 Å². The first-order chi connectivity index (χ1) is 10.0. The molecule has 0 amide bonds. The molecule has 0 spiro atoms. The number of methoxy groups -OCH3 is 1. The lowest BCUT2D eigenvalue weighted by atomic mass is 10.1. The van der Waals surface area contributed by atoms with Gasteiger partial charge in [0.15, 0.2) is 0 Å². The molecular weight excluding hydrogens is 290 g/mol. The summed E-state index contributed by atoms with van der Waals surface area (Å²) in [5.41, 5.74) is 0.599. The minimum absolute atomic E-state index is 0.0825. The van der Waals surface area contributed by atoms with Gasteiger partial charge in [-0.3, -0.25) is 0 Å². The van der Waals surface area contributed by atoms with Crippen molar-refractivity contribution in [2.24, 2.45) is 0 Å². The van der Waals surface area contributed by atoms with Crippen molar-refractivity contribution in [2.75, 3.05) is 20.8 Å². The van der Waals surface area contributed by atoms with Crippen molar-refractivity contribution in [3.63, 3.8) is 0 Å². The summed E-state index contributed by atoms with van der Waals surface area (Å²) >= 11 is 0. The van der Waals surface area contributed by atoms with Crippen LogP contribution < -0.4 is 4.74 Å². The van der Waals surface area contributed by atoms with E-state index in [-0.39, 0.29) is 17.5 Å². The summed E-state index contributed by atoms with van der Waals surface area (Å²) in [5.74, 6) is 0.598. The molecule has 0 unspecified atom stereocenters. The lowest BCUT2D eigenvalue weighted by molar-refractivity contribution is 0.298. The van der Waals surface area contributed by atoms with Crippen LogP contribution >= 0.6 is 0 Å². The van der Waals surface area contributed by atoms with Crippen LogP contribution in [-0.2, 0) is 16.4 Å². The zero-order chi connectivity index (χ0) is 15.5. The lowest BCUT2D eigenvalue weighted by Gasteiger charge is -2.25. The molecule has 0 bridgehead atoms. The van der Waals surface area contributed by atoms with Gasteiger partial charge < -0.3 is 9.84 Å². The predicted octanol–water partition coefficient (Wildman–Crippen LogP) is 1.79. The molecule has 0 aliphatic heterocycles. The Morgan fingerprint density at radius 1 is 1.33 bits per heavy atom. The first kappa shape index (κ1) is 16.3. The van der Waals surface area contributed by atoms with Gasteiger partial charge in [0, 0.05) is 19.7 Å². The highest BCUT2D eigenvalue weighted by Gasteiger charge is 2.31. The number of rotatable bonds is 6. The van der Waals surface area contributed by atoms with Crippen molar-refractivity contribution >= 4 is 10.0 Å². The largest absolute Gasteiger partial charge is 0.497 e. The van der Waals surface area contributed by atoms with E-state index in [9.17, 15) is 13.5 Å². The van der Waals surface area contributed by atoms with Gasteiger partial charge in [0.2, 0.25) is 10.0 Å². The van der Waals surface area contributed by atoms with E-state index in [1.54, 1.807) is 25.2 Å². The van der Waals surface area contributed by atoms with Crippen LogP contribution in [0.4, 0.5) is 0 Å². The fraction of sp³-hybridized carbons (Fsp3) is 0.600. The maximum Gasteiger partial charge on any atom is 0.243 e. The van der Waals surface area contributed by atoms with Crippen LogP contribution in [0.25, 0.3) is 0 Å². The van der Waals surface area contributed by atoms with E-state index in [0.717, 1.165) is 25.7 Å². The fourth-order valence-corrected chi connectivity index (χ4v) is 4.52. The Balaban J connectivity index is 2.38. The molecule has 1 aromatic carbocycles. The molecule has 1 fully saturated rings. The predicted molar refractivity (Wildman–Crippen MR) is 81.0 cm³/mol. The first-order valence-electron chi connectivity index (χ1n) is 7.26. The Hall–Kier alpha value is -1.11. The van der Waals surface area contributed by atoms with Crippen molar-refractivity contribution < 1.29 is 18.3 Å². The Morgan fingerprint density at radius 3 is 2.57 bits per heavy atom. The summed E-state index contributed by atoms with van der Waals surface area (Å²) in [7, 11) is -0.344. The molecule has 0 saturated heterocycles. The van der Waals surface area contributed by atoms with Crippen LogP contribution in [0.2, 0.25) is 0 Å². The summed E-state index contributed by atoms with van der Waals surface area (Å²) < 4.78 is 32.3. The van der Waals surface area contributed by atoms with Gasteiger partial charge in [-0.25, -0.2) is 8.42 Å². The van der Waals surface area contributed by atoms with Crippen LogP contribution in [0.1, 0.15) is 31.2 Å². The van der Waals surface area contributed by atoms with Crippen LogP contribution in [0.3, 0.4) is 0 Å². The second-order valence-electron chi connectivity index (χ2n) is 5.41. The van der Waals surface area contributed by atoms with Gasteiger partial charge in [-0.1, -0.05) is 12.8 Å². The average Bonchev–Trinajstić information content (AvgIpc) is 3.00. The molecule has 0 aromatic heterocycles. The van der Waals surface area contributed by atoms with E-state index < -0.39 is 10.0 Å². The third-order valence-electron chi connectivity index (χ3n) is 4.14. The molecule has 6 heteroatoms. The highest BCUT2D eigenvalue weighted by atomic mass is 32.2. The summed E-state index contributed by atoms with van der Waals surface area (Å²) in [6.07, 6.45) is 4.29. The van der Waals surface area contributed by atoms with Gasteiger partial charge in [0.05, 0.1) is 12.0 Å². The van der Waals surface area contributed by atoms with Crippen molar-refractivity contribution in [3.8, 4) is 5.75 Å². The maximum atomic E-state index is 12.8. The monoisotopic (exact) mass is 313 g/mol. The molecule has 2 rings (SSSR count). The molecule has 1 aliphatic carbocycles. The lowest BCUT2D eigenvalue weighted by Crippen LogP contribution is -2.35. The van der Waals surface area contributed by atoms with E-state index in [0.29, 0.717) is 17.7 Å². The normalized spacial score (nSPS) is 16.6. The van der Waals surface area contributed by atoms with Gasteiger partial charge in [-0.05, 0) is 43.0 Å². The topological polar surface area (TPSA) is 66.8 Å². The third kappa shape index (κ3) is 3.39. The molecule has 21 heavy (non-hydrogen) atoms. The molecule has 0 atom stereocenters. The quantitative estimate of drug-likeness (QED) is 0.869. The molecule has 1 saturated carbocycles. The third-order valence-corrected chi connectivity index (χ3v) is 6.16. The van der Waals surface area contributed by atoms with E-state index in [2.05, 4.69) is 0 Å². The molecule has 118 valence electrons. The molecule has 1 N–H and O–H groups in total. The van der Waals surface area contributed by atoms with Gasteiger partial charge in [0.25, 0.3) is 0 Å². The summed E-state index contributed by atoms with van der Waals surface area (Å²) in [6.45, 7) is -0.0944. The Labute approximate surface area is 126 Å². The Kier molecular flexibility index (Phi) is 5.24. The summed E-state index contributed by atoms with van der Waals surface area (Å²) in [6, 6.07) is 4.99. The molecular formula is C15H23NO4S. The highest BCUT2D eigenvalue weighted by molar-refractivity contribution is 7.89. The van der Waals surface area contributed by atoms with E-state index in [1.165, 1.54) is 11.4 Å². The Morgan fingerprint density at radius 2 is 2.00 bits per heavy atom. The minimum Gasteiger partial charge on any atom is -0.497 e. The molecule has 1 aliphatic rings. The zero-order valence-corrected chi connectivity index (χ0v) is 13.4. The molecule has 5 nitrogen and oxygen atoms in total. The highest BCUT2D eigenvalue weighted by Crippen LogP contribution is 2.30. The molecule has 0 radical (unpaired) electrons. The van der Waals surface area contributed by atoms with Crippen molar-refractivity contribution in [1.29, 1.82) is 0 Å².